The largest absolute Gasteiger partial charge is 0.481 e. The van der Waals surface area contributed by atoms with E-state index in [2.05, 4.69) is 15.3 Å². The van der Waals surface area contributed by atoms with Crippen LogP contribution in [0.15, 0.2) is 36.5 Å². The molecule has 0 aliphatic carbocycles. The van der Waals surface area contributed by atoms with E-state index < -0.39 is 5.97 Å². The van der Waals surface area contributed by atoms with Gasteiger partial charge in [-0.05, 0) is 18.6 Å². The molecule has 2 aromatic rings. The fourth-order valence-electron chi connectivity index (χ4n) is 1.71. The van der Waals surface area contributed by atoms with E-state index in [1.165, 1.54) is 0 Å². The number of hydrogen-bond donors (Lipinski definition) is 2. The van der Waals surface area contributed by atoms with Gasteiger partial charge in [-0.2, -0.15) is 0 Å². The Bertz CT molecular complexity index is 584. The number of rotatable bonds is 5. The van der Waals surface area contributed by atoms with E-state index in [4.69, 9.17) is 5.11 Å². The highest BCUT2D eigenvalue weighted by molar-refractivity contribution is 5.67. The summed E-state index contributed by atoms with van der Waals surface area (Å²) in [5.41, 5.74) is 2.08. The average Bonchev–Trinajstić information content (AvgIpc) is 2.39. The van der Waals surface area contributed by atoms with E-state index in [-0.39, 0.29) is 6.42 Å². The number of anilines is 1. The SMILES string of the molecule is Cc1ccccc1-c1nccc(NCCC(=O)O)n1. The molecule has 0 saturated heterocycles. The van der Waals surface area contributed by atoms with E-state index in [9.17, 15) is 4.79 Å². The molecule has 0 saturated carbocycles. The molecule has 19 heavy (non-hydrogen) atoms. The van der Waals surface area contributed by atoms with Crippen molar-refractivity contribution in [2.45, 2.75) is 13.3 Å². The Hall–Kier alpha value is -2.43. The number of hydrogen-bond acceptors (Lipinski definition) is 4. The first-order valence-corrected chi connectivity index (χ1v) is 6.01. The average molecular weight is 257 g/mol. The van der Waals surface area contributed by atoms with Crippen LogP contribution in [-0.2, 0) is 4.79 Å². The minimum atomic E-state index is -0.833. The zero-order valence-corrected chi connectivity index (χ0v) is 10.6. The molecule has 0 atom stereocenters. The van der Waals surface area contributed by atoms with Gasteiger partial charge < -0.3 is 10.4 Å². The summed E-state index contributed by atoms with van der Waals surface area (Å²) in [7, 11) is 0. The Morgan fingerprint density at radius 2 is 2.11 bits per heavy atom. The predicted molar refractivity (Wildman–Crippen MR) is 72.9 cm³/mol. The van der Waals surface area contributed by atoms with Crippen LogP contribution < -0.4 is 5.32 Å². The Morgan fingerprint density at radius 3 is 2.84 bits per heavy atom. The van der Waals surface area contributed by atoms with Gasteiger partial charge in [0.2, 0.25) is 0 Å². The summed E-state index contributed by atoms with van der Waals surface area (Å²) >= 11 is 0. The van der Waals surface area contributed by atoms with Gasteiger partial charge in [-0.25, -0.2) is 9.97 Å². The minimum absolute atomic E-state index is 0.0592. The quantitative estimate of drug-likeness (QED) is 0.859. The second-order valence-electron chi connectivity index (χ2n) is 4.15. The molecule has 1 aromatic heterocycles. The van der Waals surface area contributed by atoms with E-state index in [0.717, 1.165) is 11.1 Å². The number of carboxylic acids is 1. The van der Waals surface area contributed by atoms with Crippen molar-refractivity contribution in [2.24, 2.45) is 0 Å². The normalized spacial score (nSPS) is 10.2. The third-order valence-corrected chi connectivity index (χ3v) is 2.69. The van der Waals surface area contributed by atoms with Crippen LogP contribution in [0.3, 0.4) is 0 Å². The third-order valence-electron chi connectivity index (χ3n) is 2.69. The summed E-state index contributed by atoms with van der Waals surface area (Å²) < 4.78 is 0. The lowest BCUT2D eigenvalue weighted by molar-refractivity contribution is -0.136. The van der Waals surface area contributed by atoms with Crippen LogP contribution in [0, 0.1) is 6.92 Å². The molecule has 0 amide bonds. The molecule has 0 spiro atoms. The summed E-state index contributed by atoms with van der Waals surface area (Å²) in [6.45, 7) is 2.35. The van der Waals surface area contributed by atoms with Crippen molar-refractivity contribution < 1.29 is 9.90 Å². The lowest BCUT2D eigenvalue weighted by atomic mass is 10.1. The second kappa shape index (κ2) is 5.95. The number of benzene rings is 1. The van der Waals surface area contributed by atoms with Gasteiger partial charge in [0.05, 0.1) is 6.42 Å². The standard InChI is InChI=1S/C14H15N3O2/c1-10-4-2-3-5-11(10)14-16-8-6-12(17-14)15-9-7-13(18)19/h2-6,8H,7,9H2,1H3,(H,18,19)(H,15,16,17). The monoisotopic (exact) mass is 257 g/mol. The minimum Gasteiger partial charge on any atom is -0.481 e. The van der Waals surface area contributed by atoms with Crippen LogP contribution in [0.1, 0.15) is 12.0 Å². The van der Waals surface area contributed by atoms with Gasteiger partial charge in [0.15, 0.2) is 5.82 Å². The highest BCUT2D eigenvalue weighted by Gasteiger charge is 2.05. The zero-order valence-electron chi connectivity index (χ0n) is 10.6. The van der Waals surface area contributed by atoms with Crippen LogP contribution in [-0.4, -0.2) is 27.6 Å². The van der Waals surface area contributed by atoms with Crippen molar-refractivity contribution >= 4 is 11.8 Å². The molecule has 2 rings (SSSR count). The van der Waals surface area contributed by atoms with E-state index >= 15 is 0 Å². The van der Waals surface area contributed by atoms with Gasteiger partial charge in [-0.3, -0.25) is 4.79 Å². The molecule has 0 aliphatic rings. The molecule has 0 fully saturated rings. The van der Waals surface area contributed by atoms with Gasteiger partial charge >= 0.3 is 5.97 Å². The first-order chi connectivity index (χ1) is 9.16. The Balaban J connectivity index is 2.15. The van der Waals surface area contributed by atoms with Gasteiger partial charge in [0.25, 0.3) is 0 Å². The highest BCUT2D eigenvalue weighted by Crippen LogP contribution is 2.19. The molecule has 1 aromatic carbocycles. The number of nitrogens with zero attached hydrogens (tertiary/aromatic N) is 2. The van der Waals surface area contributed by atoms with Crippen molar-refractivity contribution in [3.63, 3.8) is 0 Å². The molecule has 0 radical (unpaired) electrons. The molecule has 5 nitrogen and oxygen atoms in total. The number of aliphatic carboxylic acids is 1. The molecule has 0 aliphatic heterocycles. The van der Waals surface area contributed by atoms with Crippen molar-refractivity contribution in [1.82, 2.24) is 9.97 Å². The lowest BCUT2D eigenvalue weighted by Crippen LogP contribution is -2.09. The fraction of sp³-hybridized carbons (Fsp3) is 0.214. The van der Waals surface area contributed by atoms with Crippen LogP contribution in [0.25, 0.3) is 11.4 Å². The third kappa shape index (κ3) is 3.51. The van der Waals surface area contributed by atoms with Crippen LogP contribution in [0.2, 0.25) is 0 Å². The summed E-state index contributed by atoms with van der Waals surface area (Å²) in [6.07, 6.45) is 1.72. The summed E-state index contributed by atoms with van der Waals surface area (Å²) in [4.78, 5) is 19.1. The molecule has 98 valence electrons. The molecule has 1 heterocycles. The number of aryl methyl sites for hydroxylation is 1. The smallest absolute Gasteiger partial charge is 0.305 e. The maximum Gasteiger partial charge on any atom is 0.305 e. The molecular formula is C14H15N3O2. The highest BCUT2D eigenvalue weighted by atomic mass is 16.4. The van der Waals surface area contributed by atoms with Crippen molar-refractivity contribution in [3.8, 4) is 11.4 Å². The first-order valence-electron chi connectivity index (χ1n) is 6.01. The Kier molecular flexibility index (Phi) is 4.07. The van der Waals surface area contributed by atoms with E-state index in [1.807, 2.05) is 31.2 Å². The maximum absolute atomic E-state index is 10.4. The van der Waals surface area contributed by atoms with E-state index in [0.29, 0.717) is 18.2 Å². The van der Waals surface area contributed by atoms with Crippen LogP contribution >= 0.6 is 0 Å². The van der Waals surface area contributed by atoms with E-state index in [1.54, 1.807) is 12.3 Å². The number of carboxylic acid groups (broad SMARTS) is 1. The van der Waals surface area contributed by atoms with Crippen molar-refractivity contribution in [2.75, 3.05) is 11.9 Å². The first kappa shape index (κ1) is 13.0. The maximum atomic E-state index is 10.4. The van der Waals surface area contributed by atoms with Crippen LogP contribution in [0.5, 0.6) is 0 Å². The molecule has 2 N–H and O–H groups in total. The number of carbonyl (C=O) groups is 1. The molecular weight excluding hydrogens is 242 g/mol. The second-order valence-corrected chi connectivity index (χ2v) is 4.15. The van der Waals surface area contributed by atoms with Gasteiger partial charge in [-0.1, -0.05) is 24.3 Å². The lowest BCUT2D eigenvalue weighted by Gasteiger charge is -2.07. The molecule has 0 bridgehead atoms. The summed E-state index contributed by atoms with van der Waals surface area (Å²) in [5.74, 6) is 0.439. The van der Waals surface area contributed by atoms with Gasteiger partial charge in [0.1, 0.15) is 5.82 Å². The molecule has 0 unspecified atom stereocenters. The number of nitrogens with one attached hydrogen (secondary N) is 1. The fourth-order valence-corrected chi connectivity index (χ4v) is 1.71. The molecule has 5 heteroatoms. The Labute approximate surface area is 111 Å². The Morgan fingerprint density at radius 1 is 1.32 bits per heavy atom. The zero-order chi connectivity index (χ0) is 13.7. The van der Waals surface area contributed by atoms with Crippen LogP contribution in [0.4, 0.5) is 5.82 Å². The topological polar surface area (TPSA) is 75.1 Å². The van der Waals surface area contributed by atoms with Gasteiger partial charge in [0, 0.05) is 18.3 Å². The van der Waals surface area contributed by atoms with Crippen molar-refractivity contribution in [3.05, 3.63) is 42.1 Å². The summed E-state index contributed by atoms with van der Waals surface area (Å²) in [5, 5.41) is 11.6. The van der Waals surface area contributed by atoms with Gasteiger partial charge in [-0.15, -0.1) is 0 Å². The number of aromatic nitrogens is 2. The summed E-state index contributed by atoms with van der Waals surface area (Å²) in [6, 6.07) is 9.60. The van der Waals surface area contributed by atoms with Crippen molar-refractivity contribution in [1.29, 1.82) is 0 Å². The predicted octanol–water partition coefficient (Wildman–Crippen LogP) is 2.34.